The first kappa shape index (κ1) is 39.8. The van der Waals surface area contributed by atoms with Crippen LogP contribution in [0.1, 0.15) is 76.1 Å². The average molecular weight is 795 g/mol. The number of rotatable bonds is 10. The fraction of sp³-hybridized carbons (Fsp3) is 0.442. The van der Waals surface area contributed by atoms with Gasteiger partial charge in [-0.05, 0) is 67.3 Å². The lowest BCUT2D eigenvalue weighted by molar-refractivity contribution is -0.135. The molecular weight excluding hydrogens is 744 g/mol. The first-order valence-electron chi connectivity index (χ1n) is 19.7. The molecule has 300 valence electrons. The number of piperazine rings is 1. The van der Waals surface area contributed by atoms with Gasteiger partial charge in [0.2, 0.25) is 11.8 Å². The average Bonchev–Trinajstić information content (AvgIpc) is 3.54. The van der Waals surface area contributed by atoms with Crippen LogP contribution in [0.2, 0.25) is 5.02 Å². The number of benzene rings is 2. The van der Waals surface area contributed by atoms with Gasteiger partial charge in [0.1, 0.15) is 17.7 Å². The smallest absolute Gasteiger partial charge is 0.407 e. The largest absolute Gasteiger partial charge is 0.453 e. The number of aromatic amines is 1. The van der Waals surface area contributed by atoms with Crippen LogP contribution in [0.3, 0.4) is 0 Å². The summed E-state index contributed by atoms with van der Waals surface area (Å²) in [5.74, 6) is 1.31. The molecule has 14 heteroatoms. The van der Waals surface area contributed by atoms with Gasteiger partial charge in [-0.25, -0.2) is 14.8 Å². The molecule has 2 aromatic carbocycles. The van der Waals surface area contributed by atoms with Crippen molar-refractivity contribution >= 4 is 46.9 Å². The van der Waals surface area contributed by atoms with E-state index in [-0.39, 0.29) is 47.1 Å². The molecule has 7 rings (SSSR count). The number of likely N-dealkylation sites (tertiary alicyclic amines) is 1. The van der Waals surface area contributed by atoms with Crippen molar-refractivity contribution in [2.75, 3.05) is 43.5 Å². The number of imidazole rings is 1. The zero-order valence-corrected chi connectivity index (χ0v) is 34.1. The number of H-pyrrole nitrogens is 1. The van der Waals surface area contributed by atoms with Crippen LogP contribution < -0.4 is 15.5 Å². The van der Waals surface area contributed by atoms with E-state index in [1.54, 1.807) is 23.2 Å². The van der Waals surface area contributed by atoms with Gasteiger partial charge in [-0.1, -0.05) is 69.6 Å². The molecule has 3 aliphatic rings. The minimum atomic E-state index is -0.700. The highest BCUT2D eigenvalue weighted by Crippen LogP contribution is 2.52. The lowest BCUT2D eigenvalue weighted by Gasteiger charge is -2.40. The van der Waals surface area contributed by atoms with E-state index in [9.17, 15) is 19.2 Å². The van der Waals surface area contributed by atoms with Gasteiger partial charge in [-0.3, -0.25) is 14.4 Å². The van der Waals surface area contributed by atoms with Crippen LogP contribution in [0, 0.1) is 17.3 Å². The standard InChI is InChI=1S/C43H51ClN8O5/c1-25(2)37(49-42(56)57-6)41(55)52-17-7-8-35(52)38-46-23-34(48-38)28-11-9-27(10-12-28)31-15-14-30(20-33(31)44)47-39(53)29-13-16-36(45-22-29)51-19-18-50(24-26(51)3)40(54)32-21-43(32,4)5/h9-16,20,22-23,25-26,32,35,37H,7-8,17-19,21,24H2,1-6H3,(H,46,48)(H,47,53)(H,49,56)/t26?,32-,35?,37+/m1/s1. The molecular formula is C43H51ClN8O5. The summed E-state index contributed by atoms with van der Waals surface area (Å²) in [6, 6.07) is 16.1. The van der Waals surface area contributed by atoms with Crippen LogP contribution in [0.5, 0.6) is 0 Å². The number of amides is 4. The number of alkyl carbamates (subject to hydrolysis) is 1. The van der Waals surface area contributed by atoms with E-state index >= 15 is 0 Å². The minimum Gasteiger partial charge on any atom is -0.453 e. The number of anilines is 2. The Bertz CT molecular complexity index is 2140. The monoisotopic (exact) mass is 794 g/mol. The first-order chi connectivity index (χ1) is 27.2. The predicted octanol–water partition coefficient (Wildman–Crippen LogP) is 7.17. The molecule has 2 aromatic heterocycles. The summed E-state index contributed by atoms with van der Waals surface area (Å²) in [5.41, 5.74) is 4.46. The Morgan fingerprint density at radius 3 is 2.37 bits per heavy atom. The number of hydrogen-bond acceptors (Lipinski definition) is 8. The van der Waals surface area contributed by atoms with E-state index in [4.69, 9.17) is 21.3 Å². The molecule has 3 N–H and O–H groups in total. The summed E-state index contributed by atoms with van der Waals surface area (Å²) in [4.78, 5) is 70.3. The van der Waals surface area contributed by atoms with Crippen molar-refractivity contribution in [3.05, 3.63) is 83.4 Å². The zero-order chi connectivity index (χ0) is 40.6. The quantitative estimate of drug-likeness (QED) is 0.153. The molecule has 2 unspecified atom stereocenters. The number of methoxy groups -OCH3 is 1. The SMILES string of the molecule is COC(=O)N[C@H](C(=O)N1CCCC1c1nc(-c2ccc(-c3ccc(NC(=O)c4ccc(N5CCN(C(=O)[C@H]6CC6(C)C)CC5C)nc4)cc3Cl)cc2)c[nH]1)C(C)C. The third-order valence-electron chi connectivity index (χ3n) is 11.6. The number of nitrogens with zero attached hydrogens (tertiary/aromatic N) is 5. The van der Waals surface area contributed by atoms with Gasteiger partial charge in [0, 0.05) is 67.3 Å². The molecule has 0 spiro atoms. The normalized spacial score (nSPS) is 20.6. The summed E-state index contributed by atoms with van der Waals surface area (Å²) in [6.45, 7) is 12.8. The maximum absolute atomic E-state index is 13.5. The van der Waals surface area contributed by atoms with Crippen molar-refractivity contribution in [2.45, 2.75) is 72.0 Å². The number of aromatic nitrogens is 3. The number of carbonyl (C=O) groups is 4. The van der Waals surface area contributed by atoms with E-state index in [0.29, 0.717) is 48.3 Å². The molecule has 57 heavy (non-hydrogen) atoms. The van der Waals surface area contributed by atoms with Crippen molar-refractivity contribution in [1.82, 2.24) is 30.1 Å². The topological polar surface area (TPSA) is 153 Å². The number of hydrogen-bond donors (Lipinski definition) is 3. The molecule has 0 radical (unpaired) electrons. The van der Waals surface area contributed by atoms with Crippen LogP contribution in [0.4, 0.5) is 16.3 Å². The molecule has 1 aliphatic carbocycles. The van der Waals surface area contributed by atoms with Crippen LogP contribution in [-0.2, 0) is 14.3 Å². The summed E-state index contributed by atoms with van der Waals surface area (Å²) in [5, 5.41) is 6.10. The van der Waals surface area contributed by atoms with Crippen molar-refractivity contribution in [1.29, 1.82) is 0 Å². The van der Waals surface area contributed by atoms with Gasteiger partial charge in [0.15, 0.2) is 0 Å². The Labute approximate surface area is 338 Å². The lowest BCUT2D eigenvalue weighted by atomic mass is 10.0. The minimum absolute atomic E-state index is 0.112. The summed E-state index contributed by atoms with van der Waals surface area (Å²) in [6.07, 6.45) is 5.34. The Morgan fingerprint density at radius 1 is 1.00 bits per heavy atom. The maximum atomic E-state index is 13.5. The van der Waals surface area contributed by atoms with Gasteiger partial charge in [-0.2, -0.15) is 0 Å². The molecule has 4 heterocycles. The Hall–Kier alpha value is -5.43. The van der Waals surface area contributed by atoms with Gasteiger partial charge < -0.3 is 35.1 Å². The highest BCUT2D eigenvalue weighted by Gasteiger charge is 2.52. The molecule has 2 saturated heterocycles. The van der Waals surface area contributed by atoms with Crippen molar-refractivity contribution in [3.8, 4) is 22.4 Å². The number of ether oxygens (including phenoxy) is 1. The maximum Gasteiger partial charge on any atom is 0.407 e. The zero-order valence-electron chi connectivity index (χ0n) is 33.3. The third-order valence-corrected chi connectivity index (χ3v) is 11.9. The van der Waals surface area contributed by atoms with Gasteiger partial charge in [0.25, 0.3) is 5.91 Å². The van der Waals surface area contributed by atoms with Crippen molar-refractivity contribution < 1.29 is 23.9 Å². The van der Waals surface area contributed by atoms with E-state index in [1.165, 1.54) is 7.11 Å². The predicted molar refractivity (Wildman–Crippen MR) is 220 cm³/mol. The second-order valence-corrected chi connectivity index (χ2v) is 16.8. The number of nitrogens with one attached hydrogen (secondary N) is 3. The number of halogens is 1. The molecule has 4 atom stereocenters. The summed E-state index contributed by atoms with van der Waals surface area (Å²) >= 11 is 6.75. The van der Waals surface area contributed by atoms with Crippen LogP contribution in [0.15, 0.2) is 67.0 Å². The van der Waals surface area contributed by atoms with E-state index < -0.39 is 12.1 Å². The fourth-order valence-electron chi connectivity index (χ4n) is 8.00. The highest BCUT2D eigenvalue weighted by atomic mass is 35.5. The second-order valence-electron chi connectivity index (χ2n) is 16.4. The highest BCUT2D eigenvalue weighted by molar-refractivity contribution is 6.33. The van der Waals surface area contributed by atoms with Gasteiger partial charge in [-0.15, -0.1) is 0 Å². The Morgan fingerprint density at radius 2 is 1.74 bits per heavy atom. The Kier molecular flexibility index (Phi) is 11.3. The molecule has 4 aromatic rings. The van der Waals surface area contributed by atoms with Crippen LogP contribution in [0.25, 0.3) is 22.4 Å². The first-order valence-corrected chi connectivity index (χ1v) is 20.1. The lowest BCUT2D eigenvalue weighted by Crippen LogP contribution is -2.54. The van der Waals surface area contributed by atoms with Crippen molar-refractivity contribution in [2.24, 2.45) is 17.3 Å². The second kappa shape index (κ2) is 16.2. The molecule has 2 aliphatic heterocycles. The van der Waals surface area contributed by atoms with Gasteiger partial charge >= 0.3 is 6.09 Å². The van der Waals surface area contributed by atoms with E-state index in [2.05, 4.69) is 46.3 Å². The molecule has 3 fully saturated rings. The number of pyridine rings is 1. The van der Waals surface area contributed by atoms with Crippen LogP contribution >= 0.6 is 11.6 Å². The van der Waals surface area contributed by atoms with Crippen LogP contribution in [-0.4, -0.2) is 93.9 Å². The molecule has 4 amide bonds. The van der Waals surface area contributed by atoms with Gasteiger partial charge in [0.05, 0.1) is 29.4 Å². The Balaban J connectivity index is 0.950. The van der Waals surface area contributed by atoms with E-state index in [0.717, 1.165) is 47.5 Å². The van der Waals surface area contributed by atoms with Crippen molar-refractivity contribution in [3.63, 3.8) is 0 Å². The summed E-state index contributed by atoms with van der Waals surface area (Å²) in [7, 11) is 1.28. The number of carbonyl (C=O) groups excluding carboxylic acids is 4. The molecule has 0 bridgehead atoms. The fourth-order valence-corrected chi connectivity index (χ4v) is 8.29. The molecule has 13 nitrogen and oxygen atoms in total. The summed E-state index contributed by atoms with van der Waals surface area (Å²) < 4.78 is 4.75. The third kappa shape index (κ3) is 8.49. The van der Waals surface area contributed by atoms with E-state index in [1.807, 2.05) is 67.4 Å². The molecule has 1 saturated carbocycles.